The summed E-state index contributed by atoms with van der Waals surface area (Å²) in [5, 5.41) is 0. The van der Waals surface area contributed by atoms with Gasteiger partial charge in [-0.3, -0.25) is 4.79 Å². The second-order valence-electron chi connectivity index (χ2n) is 6.17. The lowest BCUT2D eigenvalue weighted by molar-refractivity contribution is -0.136. The highest BCUT2D eigenvalue weighted by atomic mass is 127. The summed E-state index contributed by atoms with van der Waals surface area (Å²) in [7, 11) is 0. The molecule has 1 atom stereocenters. The van der Waals surface area contributed by atoms with E-state index in [2.05, 4.69) is 29.5 Å². The van der Waals surface area contributed by atoms with Crippen molar-refractivity contribution in [3.05, 3.63) is 24.3 Å². The van der Waals surface area contributed by atoms with Crippen molar-refractivity contribution in [1.82, 2.24) is 0 Å². The second-order valence-corrected chi connectivity index (χ2v) is 8.55. The van der Waals surface area contributed by atoms with Crippen molar-refractivity contribution in [2.75, 3.05) is 0 Å². The molecule has 0 aliphatic heterocycles. The lowest BCUT2D eigenvalue weighted by atomic mass is 10.1. The summed E-state index contributed by atoms with van der Waals surface area (Å²) in [4.78, 5) is 12.0. The zero-order valence-corrected chi connectivity index (χ0v) is 15.1. The van der Waals surface area contributed by atoms with Crippen LogP contribution in [0.4, 0.5) is 0 Å². The minimum Gasteiger partial charge on any atom is -0.488 e. The number of carbonyl (C=O) groups excluding carboxylic acids is 1. The van der Waals surface area contributed by atoms with Crippen LogP contribution in [-0.2, 0) is 4.79 Å². The predicted octanol–water partition coefficient (Wildman–Crippen LogP) is 4.91. The van der Waals surface area contributed by atoms with E-state index in [1.165, 1.54) is 12.8 Å². The maximum absolute atomic E-state index is 12.0. The molecular weight excluding hydrogens is 379 g/mol. The minimum absolute atomic E-state index is 0.0405. The Morgan fingerprint density at radius 3 is 2.29 bits per heavy atom. The van der Waals surface area contributed by atoms with Crippen molar-refractivity contribution in [2.45, 2.75) is 61.9 Å². The SMILES string of the molecule is CCC(C)(I)C(=O)Oc1ccc(OC2(C)CCCC2)cc1. The van der Waals surface area contributed by atoms with E-state index in [0.29, 0.717) is 5.75 Å². The molecule has 0 N–H and O–H groups in total. The number of carbonyl (C=O) groups is 1. The van der Waals surface area contributed by atoms with Crippen molar-refractivity contribution >= 4 is 28.6 Å². The summed E-state index contributed by atoms with van der Waals surface area (Å²) in [5.41, 5.74) is -0.0405. The average molecular weight is 402 g/mol. The topological polar surface area (TPSA) is 35.5 Å². The van der Waals surface area contributed by atoms with Gasteiger partial charge in [0.15, 0.2) is 0 Å². The molecule has 0 aromatic heterocycles. The third kappa shape index (κ3) is 4.34. The van der Waals surface area contributed by atoms with Crippen molar-refractivity contribution in [3.63, 3.8) is 0 Å². The fourth-order valence-corrected chi connectivity index (χ4v) is 2.55. The Hall–Kier alpha value is -0.780. The van der Waals surface area contributed by atoms with Crippen molar-refractivity contribution in [3.8, 4) is 11.5 Å². The van der Waals surface area contributed by atoms with Crippen LogP contribution < -0.4 is 9.47 Å². The molecule has 1 unspecified atom stereocenters. The number of hydrogen-bond donors (Lipinski definition) is 0. The van der Waals surface area contributed by atoms with E-state index in [-0.39, 0.29) is 11.6 Å². The van der Waals surface area contributed by atoms with Gasteiger partial charge < -0.3 is 9.47 Å². The zero-order valence-electron chi connectivity index (χ0n) is 12.9. The molecule has 116 valence electrons. The highest BCUT2D eigenvalue weighted by Gasteiger charge is 2.31. The molecule has 4 heteroatoms. The number of esters is 1. The maximum Gasteiger partial charge on any atom is 0.327 e. The van der Waals surface area contributed by atoms with E-state index < -0.39 is 3.42 Å². The van der Waals surface area contributed by atoms with E-state index >= 15 is 0 Å². The standard InChI is InChI=1S/C17H23IO3/c1-4-17(3,18)15(19)20-13-7-9-14(10-8-13)21-16(2)11-5-6-12-16/h7-10H,4-6,11-12H2,1-3H3. The molecule has 1 aromatic rings. The van der Waals surface area contributed by atoms with Gasteiger partial charge in [0.1, 0.15) is 20.5 Å². The molecule has 3 nitrogen and oxygen atoms in total. The first-order valence-corrected chi connectivity index (χ1v) is 8.63. The molecular formula is C17H23IO3. The van der Waals surface area contributed by atoms with Gasteiger partial charge in [-0.05, 0) is 70.2 Å². The molecule has 1 fully saturated rings. The summed E-state index contributed by atoms with van der Waals surface area (Å²) in [5.74, 6) is 1.20. The first-order chi connectivity index (χ1) is 9.85. The van der Waals surface area contributed by atoms with Gasteiger partial charge in [0.25, 0.3) is 0 Å². The van der Waals surface area contributed by atoms with E-state index in [0.717, 1.165) is 25.0 Å². The lowest BCUT2D eigenvalue weighted by Crippen LogP contribution is -2.31. The van der Waals surface area contributed by atoms with Gasteiger partial charge >= 0.3 is 5.97 Å². The fraction of sp³-hybridized carbons (Fsp3) is 0.588. The number of halogens is 1. The summed E-state index contributed by atoms with van der Waals surface area (Å²) in [6, 6.07) is 7.35. The van der Waals surface area contributed by atoms with Gasteiger partial charge in [0.05, 0.1) is 0 Å². The normalized spacial score (nSPS) is 19.8. The largest absolute Gasteiger partial charge is 0.488 e. The molecule has 1 saturated carbocycles. The van der Waals surface area contributed by atoms with Gasteiger partial charge in [-0.2, -0.15) is 0 Å². The Bertz CT molecular complexity index is 487. The molecule has 0 bridgehead atoms. The third-order valence-electron chi connectivity index (χ3n) is 4.15. The number of hydrogen-bond acceptors (Lipinski definition) is 3. The summed E-state index contributed by atoms with van der Waals surface area (Å²) in [6.07, 6.45) is 5.42. The van der Waals surface area contributed by atoms with E-state index in [4.69, 9.17) is 9.47 Å². The molecule has 1 aliphatic rings. The molecule has 1 aliphatic carbocycles. The molecule has 1 aromatic carbocycles. The zero-order chi connectivity index (χ0) is 15.5. The summed E-state index contributed by atoms with van der Waals surface area (Å²) >= 11 is 2.13. The van der Waals surface area contributed by atoms with Crippen molar-refractivity contribution in [2.24, 2.45) is 0 Å². The van der Waals surface area contributed by atoms with Crippen LogP contribution in [0.3, 0.4) is 0 Å². The van der Waals surface area contributed by atoms with Crippen LogP contribution in [0.25, 0.3) is 0 Å². The van der Waals surface area contributed by atoms with Crippen LogP contribution in [-0.4, -0.2) is 15.0 Å². The van der Waals surface area contributed by atoms with Gasteiger partial charge in [0.2, 0.25) is 0 Å². The summed E-state index contributed by atoms with van der Waals surface area (Å²) < 4.78 is 11.0. The first kappa shape index (κ1) is 16.6. The Balaban J connectivity index is 1.97. The Labute approximate surface area is 140 Å². The number of benzene rings is 1. The highest BCUT2D eigenvalue weighted by molar-refractivity contribution is 14.1. The van der Waals surface area contributed by atoms with Gasteiger partial charge in [-0.25, -0.2) is 0 Å². The van der Waals surface area contributed by atoms with Gasteiger partial charge in [-0.1, -0.05) is 29.5 Å². The van der Waals surface area contributed by atoms with Crippen molar-refractivity contribution < 1.29 is 14.3 Å². The second kappa shape index (κ2) is 6.55. The monoisotopic (exact) mass is 402 g/mol. The van der Waals surface area contributed by atoms with E-state index in [1.807, 2.05) is 26.0 Å². The smallest absolute Gasteiger partial charge is 0.327 e. The predicted molar refractivity (Wildman–Crippen MR) is 92.3 cm³/mol. The number of rotatable bonds is 5. The van der Waals surface area contributed by atoms with E-state index in [1.54, 1.807) is 12.1 Å². The van der Waals surface area contributed by atoms with Gasteiger partial charge in [-0.15, -0.1) is 0 Å². The van der Waals surface area contributed by atoms with Crippen LogP contribution in [0, 0.1) is 0 Å². The van der Waals surface area contributed by atoms with Crippen LogP contribution in [0.1, 0.15) is 52.9 Å². The molecule has 0 saturated heterocycles. The van der Waals surface area contributed by atoms with Crippen LogP contribution >= 0.6 is 22.6 Å². The molecule has 21 heavy (non-hydrogen) atoms. The van der Waals surface area contributed by atoms with E-state index in [9.17, 15) is 4.79 Å². The maximum atomic E-state index is 12.0. The Morgan fingerprint density at radius 2 is 1.76 bits per heavy atom. The molecule has 0 spiro atoms. The molecule has 0 heterocycles. The molecule has 0 amide bonds. The van der Waals surface area contributed by atoms with Gasteiger partial charge in [0, 0.05) is 0 Å². The highest BCUT2D eigenvalue weighted by Crippen LogP contribution is 2.34. The van der Waals surface area contributed by atoms with Crippen LogP contribution in [0.5, 0.6) is 11.5 Å². The number of ether oxygens (including phenoxy) is 2. The van der Waals surface area contributed by atoms with Crippen molar-refractivity contribution in [1.29, 1.82) is 0 Å². The number of alkyl halides is 1. The Morgan fingerprint density at radius 1 is 1.24 bits per heavy atom. The molecule has 2 rings (SSSR count). The first-order valence-electron chi connectivity index (χ1n) is 7.55. The summed E-state index contributed by atoms with van der Waals surface area (Å²) in [6.45, 7) is 6.03. The third-order valence-corrected chi connectivity index (χ3v) is 5.35. The quantitative estimate of drug-likeness (QED) is 0.304. The minimum atomic E-state index is -0.482. The lowest BCUT2D eigenvalue weighted by Gasteiger charge is -2.25. The van der Waals surface area contributed by atoms with Crippen LogP contribution in [0.15, 0.2) is 24.3 Å². The fourth-order valence-electron chi connectivity index (χ4n) is 2.44. The van der Waals surface area contributed by atoms with Crippen LogP contribution in [0.2, 0.25) is 0 Å². The average Bonchev–Trinajstić information content (AvgIpc) is 2.87. The molecule has 0 radical (unpaired) electrons. The Kier molecular flexibility index (Phi) is 5.17.